The number of unbranched alkanes of at least 4 members (excludes halogenated alkanes) is 3. The molecule has 0 fully saturated rings. The quantitative estimate of drug-likeness (QED) is 0.0210. The van der Waals surface area contributed by atoms with Crippen molar-refractivity contribution in [1.29, 1.82) is 5.41 Å². The zero-order chi connectivity index (χ0) is 48.0. The second kappa shape index (κ2) is 32.8. The Labute approximate surface area is 380 Å². The molecule has 3 aromatic rings. The van der Waals surface area contributed by atoms with E-state index in [1.165, 1.54) is 31.3 Å². The highest BCUT2D eigenvalue weighted by Gasteiger charge is 2.18. The average Bonchev–Trinajstić information content (AvgIpc) is 3.25. The number of nitrogens with one attached hydrogen (secondary N) is 5. The first kappa shape index (κ1) is 59.3. The Bertz CT molecular complexity index is 1970. The summed E-state index contributed by atoms with van der Waals surface area (Å²) in [5.41, 5.74) is 6.59. The van der Waals surface area contributed by atoms with Gasteiger partial charge >= 0.3 is 12.1 Å². The number of anilines is 2. The van der Waals surface area contributed by atoms with Crippen LogP contribution in [0, 0.1) is 5.41 Å². The van der Waals surface area contributed by atoms with E-state index in [0.29, 0.717) is 35.9 Å². The van der Waals surface area contributed by atoms with E-state index < -0.39 is 29.5 Å². The van der Waals surface area contributed by atoms with Crippen LogP contribution in [-0.4, -0.2) is 97.1 Å². The molecule has 0 atom stereocenters. The first-order chi connectivity index (χ1) is 29.9. The molecular formula is C48H72N8O8. The summed E-state index contributed by atoms with van der Waals surface area (Å²) in [5, 5.41) is 27.7. The summed E-state index contributed by atoms with van der Waals surface area (Å²) in [4.78, 5) is 66.7. The van der Waals surface area contributed by atoms with Gasteiger partial charge in [0, 0.05) is 44.5 Å². The number of carbonyl (C=O) groups excluding carboxylic acids is 4. The molecule has 16 heteroatoms. The summed E-state index contributed by atoms with van der Waals surface area (Å²) < 4.78 is 10.9. The van der Waals surface area contributed by atoms with Crippen molar-refractivity contribution in [3.8, 4) is 5.75 Å². The summed E-state index contributed by atoms with van der Waals surface area (Å²) in [6.45, 7) is 17.4. The van der Waals surface area contributed by atoms with Crippen molar-refractivity contribution in [2.45, 2.75) is 87.2 Å². The van der Waals surface area contributed by atoms with Gasteiger partial charge in [-0.15, -0.1) is 0 Å². The van der Waals surface area contributed by atoms with Crippen molar-refractivity contribution in [1.82, 2.24) is 20.5 Å². The highest BCUT2D eigenvalue weighted by molar-refractivity contribution is 6.12. The Morgan fingerprint density at radius 1 is 0.844 bits per heavy atom. The fraction of sp³-hybridized carbons (Fsp3) is 0.396. The van der Waals surface area contributed by atoms with Gasteiger partial charge in [-0.3, -0.25) is 19.8 Å². The molecule has 4 amide bonds. The summed E-state index contributed by atoms with van der Waals surface area (Å²) >= 11 is 0. The number of alkyl carbamates (subject to hydrolysis) is 1. The topological polar surface area (TPSA) is 238 Å². The number of hydrogen-bond donors (Lipinski definition) is 7. The molecule has 0 bridgehead atoms. The van der Waals surface area contributed by atoms with Crippen molar-refractivity contribution < 1.29 is 38.6 Å². The Kier molecular flexibility index (Phi) is 30.4. The monoisotopic (exact) mass is 889 g/mol. The molecule has 0 aliphatic rings. The van der Waals surface area contributed by atoms with E-state index in [1.807, 2.05) is 48.5 Å². The van der Waals surface area contributed by atoms with Crippen molar-refractivity contribution in [2.75, 3.05) is 51.5 Å². The predicted molar refractivity (Wildman–Crippen MR) is 258 cm³/mol. The smallest absolute Gasteiger partial charge is 0.407 e. The molecule has 3 rings (SSSR count). The minimum absolute atomic E-state index is 0. The van der Waals surface area contributed by atoms with Crippen LogP contribution >= 0.6 is 0 Å². The normalized spacial score (nSPS) is 10.1. The molecule has 64 heavy (non-hydrogen) atoms. The molecule has 1 aromatic heterocycles. The number of ether oxygens (including phenoxy) is 2. The number of nitrogens with two attached hydrogens (primary N) is 1. The predicted octanol–water partition coefficient (Wildman–Crippen LogP) is 8.44. The zero-order valence-electron chi connectivity index (χ0n) is 38.5. The molecule has 0 aliphatic carbocycles. The Balaban J connectivity index is 0. The van der Waals surface area contributed by atoms with Gasteiger partial charge in [-0.05, 0) is 103 Å². The summed E-state index contributed by atoms with van der Waals surface area (Å²) in [6.07, 6.45) is 9.05. The maximum atomic E-state index is 13.3. The lowest BCUT2D eigenvalue weighted by atomic mass is 10.1. The van der Waals surface area contributed by atoms with Crippen molar-refractivity contribution in [2.24, 2.45) is 5.73 Å². The number of aliphatic carboxylic acids is 1. The van der Waals surface area contributed by atoms with Gasteiger partial charge in [0.05, 0.1) is 16.8 Å². The molecule has 0 aliphatic heterocycles. The van der Waals surface area contributed by atoms with Gasteiger partial charge in [0.15, 0.2) is 6.61 Å². The summed E-state index contributed by atoms with van der Waals surface area (Å²) in [5.74, 6) is -1.35. The first-order valence-corrected chi connectivity index (χ1v) is 20.6. The molecule has 0 spiro atoms. The number of carbonyl (C=O) groups is 5. The number of carboxylic acids is 1. The number of benzene rings is 2. The maximum absolute atomic E-state index is 13.3. The Hall–Kier alpha value is -6.81. The number of amidine groups is 1. The van der Waals surface area contributed by atoms with E-state index in [4.69, 9.17) is 20.0 Å². The summed E-state index contributed by atoms with van der Waals surface area (Å²) in [7, 11) is 5.03. The molecule has 0 saturated heterocycles. The average molecular weight is 889 g/mol. The van der Waals surface area contributed by atoms with E-state index in [9.17, 15) is 24.0 Å². The number of aromatic nitrogens is 1. The standard InChI is InChI=1S/C35H45N7O6.C9H12O2.C2H6.CH5N.CH4/c1-35(2,3)48-34(46)39-21-10-7-6-9-20-38-30(43)23-47-26-17-18-28(27(22-26)33(45)41-29-12-8-11-19-37-29)40-32(44)25-15-13-24(14-16-25)31(36)42(4)5;1-4-8(9(10)11)6-5-7(2)3;2*1-2;/h8,11-19,22,36H,6-7,9-10,20-21,23H2,1-5H3,(H,38,43)(H,39,46)(H,40,44)(H,37,41,45);4-6H,1H2,2-3H3,(H,10,11);1-2H3;2H2,1H3;1H4/b;8-6+;;;. The van der Waals surface area contributed by atoms with Gasteiger partial charge in [0.1, 0.15) is 23.0 Å². The van der Waals surface area contributed by atoms with Gasteiger partial charge in [-0.1, -0.05) is 76.6 Å². The van der Waals surface area contributed by atoms with E-state index in [2.05, 4.69) is 38.6 Å². The van der Waals surface area contributed by atoms with E-state index in [-0.39, 0.29) is 42.5 Å². The lowest BCUT2D eigenvalue weighted by Crippen LogP contribution is -2.33. The largest absolute Gasteiger partial charge is 0.484 e. The van der Waals surface area contributed by atoms with Crippen LogP contribution in [-0.2, 0) is 14.3 Å². The second-order valence-corrected chi connectivity index (χ2v) is 14.5. The third-order valence-corrected chi connectivity index (χ3v) is 7.79. The number of allylic oxidation sites excluding steroid dienone is 3. The number of nitrogens with zero attached hydrogens (tertiary/aromatic N) is 2. The van der Waals surface area contributed by atoms with Crippen LogP contribution in [0.25, 0.3) is 0 Å². The maximum Gasteiger partial charge on any atom is 0.407 e. The van der Waals surface area contributed by atoms with Gasteiger partial charge in [0.25, 0.3) is 17.7 Å². The van der Waals surface area contributed by atoms with Crippen LogP contribution in [0.3, 0.4) is 0 Å². The van der Waals surface area contributed by atoms with Gasteiger partial charge in [-0.25, -0.2) is 14.6 Å². The Morgan fingerprint density at radius 3 is 1.95 bits per heavy atom. The zero-order valence-corrected chi connectivity index (χ0v) is 38.5. The number of hydrogen-bond acceptors (Lipinski definition) is 10. The van der Waals surface area contributed by atoms with Crippen LogP contribution in [0.1, 0.15) is 108 Å². The molecule has 0 unspecified atom stereocenters. The number of carboxylic acid groups (broad SMARTS) is 1. The van der Waals surface area contributed by atoms with Crippen LogP contribution in [0.4, 0.5) is 16.3 Å². The molecule has 352 valence electrons. The fourth-order valence-electron chi connectivity index (χ4n) is 4.78. The number of rotatable bonds is 18. The van der Waals surface area contributed by atoms with Gasteiger partial charge in [-0.2, -0.15) is 0 Å². The highest BCUT2D eigenvalue weighted by Crippen LogP contribution is 2.24. The lowest BCUT2D eigenvalue weighted by Gasteiger charge is -2.19. The van der Waals surface area contributed by atoms with Crippen molar-refractivity contribution in [3.05, 3.63) is 120 Å². The summed E-state index contributed by atoms with van der Waals surface area (Å²) in [6, 6.07) is 16.2. The van der Waals surface area contributed by atoms with E-state index >= 15 is 0 Å². The molecule has 16 nitrogen and oxygen atoms in total. The third-order valence-electron chi connectivity index (χ3n) is 7.79. The first-order valence-electron chi connectivity index (χ1n) is 20.6. The minimum atomic E-state index is -0.947. The molecule has 0 saturated carbocycles. The molecule has 0 radical (unpaired) electrons. The van der Waals surface area contributed by atoms with Crippen molar-refractivity contribution in [3.63, 3.8) is 0 Å². The lowest BCUT2D eigenvalue weighted by molar-refractivity contribution is -0.132. The van der Waals surface area contributed by atoms with Gasteiger partial charge < -0.3 is 46.5 Å². The van der Waals surface area contributed by atoms with Crippen LogP contribution < -0.4 is 31.7 Å². The van der Waals surface area contributed by atoms with Crippen LogP contribution in [0.15, 0.2) is 103 Å². The molecule has 2 aromatic carbocycles. The van der Waals surface area contributed by atoms with Crippen LogP contribution in [0.2, 0.25) is 0 Å². The van der Waals surface area contributed by atoms with Gasteiger partial charge in [0.2, 0.25) is 0 Å². The van der Waals surface area contributed by atoms with E-state index in [1.54, 1.807) is 79.8 Å². The van der Waals surface area contributed by atoms with Crippen molar-refractivity contribution >= 4 is 47.1 Å². The second-order valence-electron chi connectivity index (χ2n) is 14.5. The number of pyridine rings is 1. The SMILES string of the molecule is C.C=C/C(=C\C=C(C)C)C(=O)O.CC.CN.CN(C)C(=N)c1ccc(C(=O)Nc2ccc(OCC(=O)NCCCCCCNC(=O)OC(C)(C)C)cc2C(=O)Nc2ccccn2)cc1. The minimum Gasteiger partial charge on any atom is -0.484 e. The number of amides is 4. The van der Waals surface area contributed by atoms with E-state index in [0.717, 1.165) is 31.3 Å². The fourth-order valence-corrected chi connectivity index (χ4v) is 4.78. The van der Waals surface area contributed by atoms with Crippen LogP contribution in [0.5, 0.6) is 5.75 Å². The molecular weight excluding hydrogens is 817 g/mol. The molecule has 1 heterocycles. The third kappa shape index (κ3) is 25.2. The Morgan fingerprint density at radius 2 is 1.44 bits per heavy atom. The molecule has 8 N–H and O–H groups in total. The highest BCUT2D eigenvalue weighted by atomic mass is 16.6.